The molecule has 1 saturated heterocycles. The fourth-order valence-corrected chi connectivity index (χ4v) is 3.49. The molecule has 1 saturated carbocycles. The first-order valence-electron chi connectivity index (χ1n) is 6.81. The van der Waals surface area contributed by atoms with E-state index in [1.807, 2.05) is 0 Å². The molecule has 3 rings (SSSR count). The number of benzene rings is 1. The molecule has 5 heteroatoms. The monoisotopic (exact) mass is 295 g/mol. The van der Waals surface area contributed by atoms with Crippen LogP contribution in [0.2, 0.25) is 5.02 Å². The average Bonchev–Trinajstić information content (AvgIpc) is 2.72. The summed E-state index contributed by atoms with van der Waals surface area (Å²) in [5.74, 6) is -0.149. The number of halogens is 2. The van der Waals surface area contributed by atoms with Gasteiger partial charge in [0.25, 0.3) is 0 Å². The Morgan fingerprint density at radius 3 is 2.50 bits per heavy atom. The van der Waals surface area contributed by atoms with E-state index >= 15 is 0 Å². The van der Waals surface area contributed by atoms with Crippen molar-refractivity contribution in [1.29, 1.82) is 0 Å². The van der Waals surface area contributed by atoms with Gasteiger partial charge in [-0.2, -0.15) is 0 Å². The van der Waals surface area contributed by atoms with Gasteiger partial charge in [-0.15, -0.1) is 0 Å². The summed E-state index contributed by atoms with van der Waals surface area (Å²) in [5.41, 5.74) is 0.151. The summed E-state index contributed by atoms with van der Waals surface area (Å²) >= 11 is 6.04. The Balaban J connectivity index is 1.87. The van der Waals surface area contributed by atoms with Crippen molar-refractivity contribution in [2.75, 3.05) is 11.4 Å². The summed E-state index contributed by atoms with van der Waals surface area (Å²) in [6, 6.07) is 4.08. The van der Waals surface area contributed by atoms with Crippen molar-refractivity contribution in [2.45, 2.75) is 32.1 Å². The number of ketones is 1. The van der Waals surface area contributed by atoms with Gasteiger partial charge in [-0.1, -0.05) is 11.6 Å². The average molecular weight is 296 g/mol. The number of Topliss-reactive ketones (excluding diaryl/α,β-unsaturated/α-hetero) is 1. The van der Waals surface area contributed by atoms with E-state index in [9.17, 15) is 14.0 Å². The molecule has 1 aliphatic carbocycles. The van der Waals surface area contributed by atoms with Crippen LogP contribution < -0.4 is 4.90 Å². The fourth-order valence-electron chi connectivity index (χ4n) is 3.22. The number of nitrogens with zero attached hydrogens (tertiary/aromatic N) is 1. The number of carbonyl (C=O) groups excluding carboxylic acids is 2. The van der Waals surface area contributed by atoms with Crippen LogP contribution in [0.5, 0.6) is 0 Å². The van der Waals surface area contributed by atoms with Gasteiger partial charge in [-0.05, 0) is 37.5 Å². The van der Waals surface area contributed by atoms with Crippen LogP contribution in [-0.4, -0.2) is 18.2 Å². The second-order valence-corrected chi connectivity index (χ2v) is 6.03. The van der Waals surface area contributed by atoms with Gasteiger partial charge >= 0.3 is 0 Å². The maximum absolute atomic E-state index is 13.1. The standard InChI is InChI=1S/C15H15ClFNO2/c16-12-9-10(17)1-2-13(12)18-8-7-15(14(18)20)5-3-11(19)4-6-15/h1-2,9H,3-8H2. The van der Waals surface area contributed by atoms with Gasteiger partial charge in [0.15, 0.2) is 0 Å². The summed E-state index contributed by atoms with van der Waals surface area (Å²) in [6.45, 7) is 0.582. The Labute approximate surface area is 121 Å². The zero-order valence-electron chi connectivity index (χ0n) is 11.0. The maximum atomic E-state index is 13.1. The van der Waals surface area contributed by atoms with Crippen LogP contribution in [0.15, 0.2) is 18.2 Å². The molecule has 0 aromatic heterocycles. The lowest BCUT2D eigenvalue weighted by molar-refractivity contribution is -0.130. The highest BCUT2D eigenvalue weighted by Crippen LogP contribution is 2.46. The van der Waals surface area contributed by atoms with Gasteiger partial charge in [-0.3, -0.25) is 9.59 Å². The van der Waals surface area contributed by atoms with Gasteiger partial charge in [0, 0.05) is 19.4 Å². The number of rotatable bonds is 1. The SMILES string of the molecule is O=C1CCC2(CC1)CCN(c1ccc(F)cc1Cl)C2=O. The van der Waals surface area contributed by atoms with E-state index < -0.39 is 11.2 Å². The van der Waals surface area contributed by atoms with E-state index in [-0.39, 0.29) is 16.7 Å². The van der Waals surface area contributed by atoms with Gasteiger partial charge < -0.3 is 4.90 Å². The Kier molecular flexibility index (Phi) is 3.28. The lowest BCUT2D eigenvalue weighted by Gasteiger charge is -2.31. The molecule has 1 aromatic rings. The van der Waals surface area contributed by atoms with Crippen LogP contribution >= 0.6 is 11.6 Å². The van der Waals surface area contributed by atoms with E-state index in [4.69, 9.17) is 11.6 Å². The van der Waals surface area contributed by atoms with Crippen LogP contribution in [0.1, 0.15) is 32.1 Å². The molecule has 2 fully saturated rings. The van der Waals surface area contributed by atoms with Crippen LogP contribution in [0, 0.1) is 11.2 Å². The maximum Gasteiger partial charge on any atom is 0.233 e. The van der Waals surface area contributed by atoms with Gasteiger partial charge in [-0.25, -0.2) is 4.39 Å². The fraction of sp³-hybridized carbons (Fsp3) is 0.467. The van der Waals surface area contributed by atoms with Gasteiger partial charge in [0.05, 0.1) is 16.1 Å². The van der Waals surface area contributed by atoms with Crippen LogP contribution in [0.25, 0.3) is 0 Å². The minimum Gasteiger partial charge on any atom is -0.310 e. The Morgan fingerprint density at radius 2 is 1.85 bits per heavy atom. The van der Waals surface area contributed by atoms with Crippen molar-refractivity contribution >= 4 is 29.0 Å². The molecule has 2 aliphatic rings. The van der Waals surface area contributed by atoms with Crippen molar-refractivity contribution in [3.63, 3.8) is 0 Å². The number of hydrogen-bond acceptors (Lipinski definition) is 2. The molecule has 106 valence electrons. The molecule has 0 bridgehead atoms. The molecule has 20 heavy (non-hydrogen) atoms. The van der Waals surface area contributed by atoms with Crippen LogP contribution in [0.3, 0.4) is 0 Å². The van der Waals surface area contributed by atoms with Crippen molar-refractivity contribution in [3.8, 4) is 0 Å². The quantitative estimate of drug-likeness (QED) is 0.797. The summed E-state index contributed by atoms with van der Waals surface area (Å²) in [7, 11) is 0. The summed E-state index contributed by atoms with van der Waals surface area (Å²) < 4.78 is 13.1. The molecule has 3 nitrogen and oxygen atoms in total. The smallest absolute Gasteiger partial charge is 0.233 e. The normalized spacial score (nSPS) is 21.8. The number of hydrogen-bond donors (Lipinski definition) is 0. The van der Waals surface area contributed by atoms with Crippen molar-refractivity contribution in [1.82, 2.24) is 0 Å². The van der Waals surface area contributed by atoms with Gasteiger partial charge in [0.2, 0.25) is 5.91 Å². The predicted octanol–water partition coefficient (Wildman–Crippen LogP) is 3.35. The summed E-state index contributed by atoms with van der Waals surface area (Å²) in [4.78, 5) is 25.7. The van der Waals surface area contributed by atoms with E-state index in [2.05, 4.69) is 0 Å². The molecule has 0 unspecified atom stereocenters. The third kappa shape index (κ3) is 2.12. The number of anilines is 1. The number of carbonyl (C=O) groups is 2. The molecule has 1 aliphatic heterocycles. The first-order chi connectivity index (χ1) is 9.52. The second kappa shape index (κ2) is 4.85. The molecule has 1 amide bonds. The Hall–Kier alpha value is -1.42. The largest absolute Gasteiger partial charge is 0.310 e. The number of amides is 1. The molecule has 1 spiro atoms. The molecule has 0 atom stereocenters. The second-order valence-electron chi connectivity index (χ2n) is 5.62. The lowest BCUT2D eigenvalue weighted by atomic mass is 9.72. The molecule has 1 aromatic carbocycles. The highest BCUT2D eigenvalue weighted by Gasteiger charge is 2.48. The minimum absolute atomic E-state index is 0.0264. The minimum atomic E-state index is -0.414. The Bertz CT molecular complexity index is 577. The first-order valence-corrected chi connectivity index (χ1v) is 7.18. The molecule has 1 heterocycles. The van der Waals surface area contributed by atoms with E-state index in [1.54, 1.807) is 11.0 Å². The highest BCUT2D eigenvalue weighted by atomic mass is 35.5. The van der Waals surface area contributed by atoms with Gasteiger partial charge in [0.1, 0.15) is 11.6 Å². The van der Waals surface area contributed by atoms with E-state index in [0.29, 0.717) is 37.9 Å². The van der Waals surface area contributed by atoms with Crippen LogP contribution in [-0.2, 0) is 9.59 Å². The topological polar surface area (TPSA) is 37.4 Å². The van der Waals surface area contributed by atoms with E-state index in [1.165, 1.54) is 12.1 Å². The third-order valence-corrected chi connectivity index (χ3v) is 4.78. The van der Waals surface area contributed by atoms with Crippen molar-refractivity contribution in [2.24, 2.45) is 5.41 Å². The first kappa shape index (κ1) is 13.6. The van der Waals surface area contributed by atoms with E-state index in [0.717, 1.165) is 6.42 Å². The van der Waals surface area contributed by atoms with Crippen molar-refractivity contribution in [3.05, 3.63) is 29.0 Å². The van der Waals surface area contributed by atoms with Crippen molar-refractivity contribution < 1.29 is 14.0 Å². The molecular weight excluding hydrogens is 281 g/mol. The molecule has 0 radical (unpaired) electrons. The lowest BCUT2D eigenvalue weighted by Crippen LogP contribution is -2.37. The predicted molar refractivity (Wildman–Crippen MR) is 74.3 cm³/mol. The molecular formula is C15H15ClFNO2. The highest BCUT2D eigenvalue weighted by molar-refractivity contribution is 6.34. The summed E-state index contributed by atoms with van der Waals surface area (Å²) in [6.07, 6.45) is 2.96. The molecule has 0 N–H and O–H groups in total. The zero-order chi connectivity index (χ0) is 14.3. The Morgan fingerprint density at radius 1 is 1.15 bits per heavy atom. The van der Waals surface area contributed by atoms with Crippen LogP contribution in [0.4, 0.5) is 10.1 Å². The third-order valence-electron chi connectivity index (χ3n) is 4.48. The zero-order valence-corrected chi connectivity index (χ0v) is 11.8. The summed E-state index contributed by atoms with van der Waals surface area (Å²) in [5, 5.41) is 0.252.